The molecule has 2 aromatic heterocycles. The smallest absolute Gasteiger partial charge is 0.338 e. The minimum Gasteiger partial charge on any atom is -0.493 e. The topological polar surface area (TPSA) is 104 Å². The molecule has 0 saturated heterocycles. The third kappa shape index (κ3) is 4.20. The van der Waals surface area contributed by atoms with Crippen molar-refractivity contribution in [3.63, 3.8) is 0 Å². The zero-order valence-corrected chi connectivity index (χ0v) is 18.6. The summed E-state index contributed by atoms with van der Waals surface area (Å²) in [5, 5.41) is 7.27. The molecule has 4 aromatic rings. The van der Waals surface area contributed by atoms with Crippen molar-refractivity contribution in [2.24, 2.45) is 0 Å². The van der Waals surface area contributed by atoms with Gasteiger partial charge in [-0.05, 0) is 55.0 Å². The highest BCUT2D eigenvalue weighted by molar-refractivity contribution is 6.04. The lowest BCUT2D eigenvalue weighted by atomic mass is 10.1. The number of methoxy groups -OCH3 is 3. The van der Waals surface area contributed by atoms with Crippen LogP contribution < -0.4 is 14.8 Å². The maximum absolute atomic E-state index is 12.9. The molecule has 0 fully saturated rings. The van der Waals surface area contributed by atoms with Crippen molar-refractivity contribution < 1.29 is 23.8 Å². The Kier molecular flexibility index (Phi) is 5.95. The standard InChI is InChI=1S/C24H22N4O5/c1-14-11-16(6-7-17(14)24(30)33-4)26-23(29)18-13-22-25-10-9-19(28(22)27-18)15-5-8-20(31-2)21(12-15)32-3/h5-13H,1-4H3,(H,26,29). The molecule has 0 saturated carbocycles. The SMILES string of the molecule is COC(=O)c1ccc(NC(=O)c2cc3nccc(-c4ccc(OC)c(OC)c4)n3n2)cc1C. The van der Waals surface area contributed by atoms with E-state index in [9.17, 15) is 9.59 Å². The Morgan fingerprint density at radius 1 is 0.939 bits per heavy atom. The lowest BCUT2D eigenvalue weighted by Crippen LogP contribution is -2.13. The van der Waals surface area contributed by atoms with E-state index in [1.54, 1.807) is 68.3 Å². The van der Waals surface area contributed by atoms with Crippen LogP contribution in [0.4, 0.5) is 5.69 Å². The van der Waals surface area contributed by atoms with Crippen LogP contribution in [0.2, 0.25) is 0 Å². The van der Waals surface area contributed by atoms with Crippen molar-refractivity contribution in [2.75, 3.05) is 26.6 Å². The van der Waals surface area contributed by atoms with Gasteiger partial charge in [0.05, 0.1) is 32.6 Å². The summed E-state index contributed by atoms with van der Waals surface area (Å²) >= 11 is 0. The molecule has 33 heavy (non-hydrogen) atoms. The highest BCUT2D eigenvalue weighted by Gasteiger charge is 2.16. The van der Waals surface area contributed by atoms with Gasteiger partial charge in [-0.3, -0.25) is 4.79 Å². The monoisotopic (exact) mass is 446 g/mol. The van der Waals surface area contributed by atoms with Crippen LogP contribution in [0.1, 0.15) is 26.4 Å². The third-order valence-electron chi connectivity index (χ3n) is 5.16. The molecule has 9 heteroatoms. The molecule has 0 bridgehead atoms. The number of carbonyl (C=O) groups excluding carboxylic acids is 2. The maximum Gasteiger partial charge on any atom is 0.338 e. The van der Waals surface area contributed by atoms with Gasteiger partial charge in [0.25, 0.3) is 5.91 Å². The van der Waals surface area contributed by atoms with Gasteiger partial charge in [0.15, 0.2) is 22.8 Å². The van der Waals surface area contributed by atoms with E-state index in [0.29, 0.717) is 34.0 Å². The number of benzene rings is 2. The summed E-state index contributed by atoms with van der Waals surface area (Å²) in [5.41, 5.74) is 3.94. The zero-order chi connectivity index (χ0) is 23.5. The van der Waals surface area contributed by atoms with Crippen LogP contribution in [0.5, 0.6) is 11.5 Å². The van der Waals surface area contributed by atoms with Gasteiger partial charge in [0, 0.05) is 23.5 Å². The molecule has 0 unspecified atom stereocenters. The zero-order valence-electron chi connectivity index (χ0n) is 18.6. The van der Waals surface area contributed by atoms with Crippen LogP contribution in [-0.2, 0) is 4.74 Å². The van der Waals surface area contributed by atoms with E-state index in [-0.39, 0.29) is 5.69 Å². The Labute approximate surface area is 189 Å². The van der Waals surface area contributed by atoms with Crippen molar-refractivity contribution in [1.82, 2.24) is 14.6 Å². The molecule has 0 aliphatic heterocycles. The van der Waals surface area contributed by atoms with Crippen LogP contribution in [0.3, 0.4) is 0 Å². The fraction of sp³-hybridized carbons (Fsp3) is 0.167. The Morgan fingerprint density at radius 3 is 2.42 bits per heavy atom. The van der Waals surface area contributed by atoms with Gasteiger partial charge in [-0.15, -0.1) is 0 Å². The van der Waals surface area contributed by atoms with Crippen molar-refractivity contribution >= 4 is 23.2 Å². The van der Waals surface area contributed by atoms with Crippen molar-refractivity contribution in [3.05, 3.63) is 71.5 Å². The first-order valence-corrected chi connectivity index (χ1v) is 10.0. The Hall–Kier alpha value is -4.40. The minimum atomic E-state index is -0.431. The highest BCUT2D eigenvalue weighted by atomic mass is 16.5. The van der Waals surface area contributed by atoms with Crippen molar-refractivity contribution in [1.29, 1.82) is 0 Å². The predicted molar refractivity (Wildman–Crippen MR) is 122 cm³/mol. The normalized spacial score (nSPS) is 10.7. The Balaban J connectivity index is 1.65. The molecule has 0 spiro atoms. The van der Waals surface area contributed by atoms with Gasteiger partial charge in [0.2, 0.25) is 0 Å². The first-order chi connectivity index (χ1) is 15.9. The molecule has 1 amide bonds. The summed E-state index contributed by atoms with van der Waals surface area (Å²) in [5.74, 6) is 0.361. The molecule has 0 radical (unpaired) electrons. The van der Waals surface area contributed by atoms with Gasteiger partial charge in [-0.25, -0.2) is 14.3 Å². The second-order valence-corrected chi connectivity index (χ2v) is 7.17. The Bertz CT molecular complexity index is 1360. The van der Waals surface area contributed by atoms with E-state index in [1.165, 1.54) is 7.11 Å². The van der Waals surface area contributed by atoms with E-state index in [2.05, 4.69) is 15.4 Å². The number of aromatic nitrogens is 3. The first-order valence-electron chi connectivity index (χ1n) is 10.0. The summed E-state index contributed by atoms with van der Waals surface area (Å²) in [7, 11) is 4.47. The summed E-state index contributed by atoms with van der Waals surface area (Å²) in [6, 6.07) is 13.9. The molecule has 0 aliphatic rings. The second-order valence-electron chi connectivity index (χ2n) is 7.17. The van der Waals surface area contributed by atoms with Crippen LogP contribution in [0.15, 0.2) is 54.7 Å². The van der Waals surface area contributed by atoms with Crippen LogP contribution in [0, 0.1) is 6.92 Å². The summed E-state index contributed by atoms with van der Waals surface area (Å²) in [4.78, 5) is 28.9. The van der Waals surface area contributed by atoms with Crippen molar-refractivity contribution in [3.8, 4) is 22.8 Å². The molecule has 0 aliphatic carbocycles. The number of nitrogens with zero attached hydrogens (tertiary/aromatic N) is 3. The number of rotatable bonds is 6. The molecular formula is C24H22N4O5. The maximum atomic E-state index is 12.9. The number of hydrogen-bond donors (Lipinski definition) is 1. The largest absolute Gasteiger partial charge is 0.493 e. The fourth-order valence-corrected chi connectivity index (χ4v) is 3.50. The van der Waals surface area contributed by atoms with Gasteiger partial charge < -0.3 is 19.5 Å². The van der Waals surface area contributed by atoms with Crippen LogP contribution in [0.25, 0.3) is 16.9 Å². The summed E-state index contributed by atoms with van der Waals surface area (Å²) < 4.78 is 17.1. The van der Waals surface area contributed by atoms with Gasteiger partial charge >= 0.3 is 5.97 Å². The molecule has 0 atom stereocenters. The van der Waals surface area contributed by atoms with Gasteiger partial charge in [-0.1, -0.05) is 0 Å². The number of fused-ring (bicyclic) bond motifs is 1. The van der Waals surface area contributed by atoms with Crippen LogP contribution in [-0.4, -0.2) is 47.8 Å². The molecule has 4 rings (SSSR count). The number of nitrogens with one attached hydrogen (secondary N) is 1. The number of ether oxygens (including phenoxy) is 3. The number of hydrogen-bond acceptors (Lipinski definition) is 7. The van der Waals surface area contributed by atoms with E-state index in [0.717, 1.165) is 11.3 Å². The second kappa shape index (κ2) is 8.99. The van der Waals surface area contributed by atoms with Crippen LogP contribution >= 0.6 is 0 Å². The third-order valence-corrected chi connectivity index (χ3v) is 5.16. The molecule has 2 aromatic carbocycles. The van der Waals surface area contributed by atoms with Crippen molar-refractivity contribution in [2.45, 2.75) is 6.92 Å². The average Bonchev–Trinajstić information content (AvgIpc) is 3.28. The summed E-state index contributed by atoms with van der Waals surface area (Å²) in [6.45, 7) is 1.77. The average molecular weight is 446 g/mol. The number of carbonyl (C=O) groups is 2. The van der Waals surface area contributed by atoms with E-state index in [1.807, 2.05) is 12.1 Å². The van der Waals surface area contributed by atoms with Gasteiger partial charge in [-0.2, -0.15) is 5.10 Å². The van der Waals surface area contributed by atoms with E-state index in [4.69, 9.17) is 14.2 Å². The lowest BCUT2D eigenvalue weighted by molar-refractivity contribution is 0.0600. The number of anilines is 1. The molecule has 9 nitrogen and oxygen atoms in total. The first kappa shape index (κ1) is 21.8. The quantitative estimate of drug-likeness (QED) is 0.450. The molecular weight excluding hydrogens is 424 g/mol. The molecule has 168 valence electrons. The number of aryl methyl sites for hydroxylation is 1. The van der Waals surface area contributed by atoms with E-state index >= 15 is 0 Å². The van der Waals surface area contributed by atoms with E-state index < -0.39 is 11.9 Å². The number of amides is 1. The van der Waals surface area contributed by atoms with Gasteiger partial charge in [0.1, 0.15) is 0 Å². The fourth-order valence-electron chi connectivity index (χ4n) is 3.50. The highest BCUT2D eigenvalue weighted by Crippen LogP contribution is 2.32. The Morgan fingerprint density at radius 2 is 1.73 bits per heavy atom. The lowest BCUT2D eigenvalue weighted by Gasteiger charge is -2.10. The number of esters is 1. The molecule has 1 N–H and O–H groups in total. The summed E-state index contributed by atoms with van der Waals surface area (Å²) in [6.07, 6.45) is 1.65. The predicted octanol–water partition coefficient (Wildman–Crippen LogP) is 3.76. The minimum absolute atomic E-state index is 0.199. The molecule has 2 heterocycles.